The standard InChI is InChI=1S/C15H25N3S/c1-5-18(12(2)10-17(3)4)11-13-8-6-7-9-14(13)15(16)19/h6-9,12H,5,10-11H2,1-4H3,(H2,16,19). The maximum Gasteiger partial charge on any atom is 0.104 e. The summed E-state index contributed by atoms with van der Waals surface area (Å²) >= 11 is 5.13. The number of nitrogens with zero attached hydrogens (tertiary/aromatic N) is 2. The van der Waals surface area contributed by atoms with Crippen molar-refractivity contribution in [3.8, 4) is 0 Å². The molecule has 0 aliphatic carbocycles. The second-order valence-electron chi connectivity index (χ2n) is 5.20. The van der Waals surface area contributed by atoms with Crippen LogP contribution in [0.5, 0.6) is 0 Å². The molecule has 0 aliphatic rings. The van der Waals surface area contributed by atoms with Crippen LogP contribution in [0.1, 0.15) is 25.0 Å². The van der Waals surface area contributed by atoms with Crippen molar-refractivity contribution in [3.05, 3.63) is 35.4 Å². The average molecular weight is 279 g/mol. The summed E-state index contributed by atoms with van der Waals surface area (Å²) in [6.07, 6.45) is 0. The summed E-state index contributed by atoms with van der Waals surface area (Å²) in [4.78, 5) is 5.14. The quantitative estimate of drug-likeness (QED) is 0.775. The van der Waals surface area contributed by atoms with Crippen LogP contribution in [0.2, 0.25) is 0 Å². The van der Waals surface area contributed by atoms with Crippen molar-refractivity contribution in [2.45, 2.75) is 26.4 Å². The molecule has 0 aromatic heterocycles. The van der Waals surface area contributed by atoms with Gasteiger partial charge in [-0.1, -0.05) is 43.4 Å². The van der Waals surface area contributed by atoms with Crippen LogP contribution in [-0.4, -0.2) is 48.0 Å². The lowest BCUT2D eigenvalue weighted by molar-refractivity contribution is 0.174. The molecule has 1 atom stereocenters. The van der Waals surface area contributed by atoms with E-state index in [1.807, 2.05) is 18.2 Å². The summed E-state index contributed by atoms with van der Waals surface area (Å²) in [6, 6.07) is 8.64. The van der Waals surface area contributed by atoms with Crippen LogP contribution < -0.4 is 5.73 Å². The van der Waals surface area contributed by atoms with Crippen molar-refractivity contribution in [2.75, 3.05) is 27.2 Å². The predicted octanol–water partition coefficient (Wildman–Crippen LogP) is 2.09. The third-order valence-electron chi connectivity index (χ3n) is 3.32. The van der Waals surface area contributed by atoms with Gasteiger partial charge in [-0.3, -0.25) is 4.90 Å². The number of hydrogen-bond acceptors (Lipinski definition) is 3. The fraction of sp³-hybridized carbons (Fsp3) is 0.533. The minimum atomic E-state index is 0.479. The van der Waals surface area contributed by atoms with Crippen LogP contribution in [0, 0.1) is 0 Å². The van der Waals surface area contributed by atoms with Crippen LogP contribution >= 0.6 is 12.2 Å². The Kier molecular flexibility index (Phi) is 6.42. The monoisotopic (exact) mass is 279 g/mol. The van der Waals surface area contributed by atoms with Crippen LogP contribution in [0.3, 0.4) is 0 Å². The first-order valence-electron chi connectivity index (χ1n) is 6.72. The van der Waals surface area contributed by atoms with Gasteiger partial charge in [0.05, 0.1) is 0 Å². The first-order valence-corrected chi connectivity index (χ1v) is 7.13. The van der Waals surface area contributed by atoms with E-state index in [4.69, 9.17) is 18.0 Å². The molecule has 1 rings (SSSR count). The van der Waals surface area contributed by atoms with Gasteiger partial charge in [0, 0.05) is 24.7 Å². The highest BCUT2D eigenvalue weighted by atomic mass is 32.1. The zero-order valence-electron chi connectivity index (χ0n) is 12.4. The molecule has 19 heavy (non-hydrogen) atoms. The van der Waals surface area contributed by atoms with E-state index in [-0.39, 0.29) is 0 Å². The Hall–Kier alpha value is -0.970. The van der Waals surface area contributed by atoms with Gasteiger partial charge < -0.3 is 10.6 Å². The second-order valence-corrected chi connectivity index (χ2v) is 5.64. The van der Waals surface area contributed by atoms with Gasteiger partial charge in [0.1, 0.15) is 4.99 Å². The number of hydrogen-bond donors (Lipinski definition) is 1. The summed E-state index contributed by atoms with van der Waals surface area (Å²) in [6.45, 7) is 7.39. The van der Waals surface area contributed by atoms with Crippen LogP contribution in [-0.2, 0) is 6.54 Å². The molecule has 0 aliphatic heterocycles. The molecule has 0 amide bonds. The smallest absolute Gasteiger partial charge is 0.104 e. The number of likely N-dealkylation sites (N-methyl/N-ethyl adjacent to an activating group) is 2. The molecule has 1 unspecified atom stereocenters. The van der Waals surface area contributed by atoms with E-state index in [1.54, 1.807) is 0 Å². The average Bonchev–Trinajstić information content (AvgIpc) is 2.35. The summed E-state index contributed by atoms with van der Waals surface area (Å²) in [7, 11) is 4.21. The molecular weight excluding hydrogens is 254 g/mol. The van der Waals surface area contributed by atoms with E-state index >= 15 is 0 Å². The lowest BCUT2D eigenvalue weighted by Gasteiger charge is -2.30. The lowest BCUT2D eigenvalue weighted by atomic mass is 10.1. The highest BCUT2D eigenvalue weighted by Gasteiger charge is 2.15. The zero-order valence-corrected chi connectivity index (χ0v) is 13.2. The molecule has 3 nitrogen and oxygen atoms in total. The van der Waals surface area contributed by atoms with E-state index in [2.05, 4.69) is 43.8 Å². The van der Waals surface area contributed by atoms with Crippen molar-refractivity contribution >= 4 is 17.2 Å². The van der Waals surface area contributed by atoms with Gasteiger partial charge in [-0.05, 0) is 33.1 Å². The van der Waals surface area contributed by atoms with Crippen molar-refractivity contribution in [1.82, 2.24) is 9.80 Å². The molecule has 2 N–H and O–H groups in total. The molecule has 0 fully saturated rings. The largest absolute Gasteiger partial charge is 0.389 e. The third-order valence-corrected chi connectivity index (χ3v) is 3.54. The van der Waals surface area contributed by atoms with Crippen LogP contribution in [0.4, 0.5) is 0 Å². The van der Waals surface area contributed by atoms with Crippen molar-refractivity contribution < 1.29 is 0 Å². The Balaban J connectivity index is 2.84. The van der Waals surface area contributed by atoms with Gasteiger partial charge in [-0.25, -0.2) is 0 Å². The number of thiocarbonyl (C=S) groups is 1. The number of rotatable bonds is 7. The Bertz CT molecular complexity index is 418. The number of benzene rings is 1. The SMILES string of the molecule is CCN(Cc1ccccc1C(N)=S)C(C)CN(C)C. The molecule has 0 bridgehead atoms. The Labute approximate surface area is 122 Å². The molecule has 4 heteroatoms. The Morgan fingerprint density at radius 3 is 2.47 bits per heavy atom. The normalized spacial score (nSPS) is 12.9. The molecule has 0 saturated carbocycles. The minimum absolute atomic E-state index is 0.479. The molecule has 106 valence electrons. The fourth-order valence-electron chi connectivity index (χ4n) is 2.34. The first-order chi connectivity index (χ1) is 8.95. The Morgan fingerprint density at radius 1 is 1.32 bits per heavy atom. The molecule has 0 heterocycles. The lowest BCUT2D eigenvalue weighted by Crippen LogP contribution is -2.39. The van der Waals surface area contributed by atoms with Gasteiger partial charge in [0.25, 0.3) is 0 Å². The molecule has 0 saturated heterocycles. The molecule has 0 radical (unpaired) electrons. The molecular formula is C15H25N3S. The highest BCUT2D eigenvalue weighted by molar-refractivity contribution is 7.80. The van der Waals surface area contributed by atoms with E-state index in [0.29, 0.717) is 11.0 Å². The van der Waals surface area contributed by atoms with Gasteiger partial charge >= 0.3 is 0 Å². The summed E-state index contributed by atoms with van der Waals surface area (Å²) in [5.74, 6) is 0. The summed E-state index contributed by atoms with van der Waals surface area (Å²) in [5.41, 5.74) is 8.00. The first kappa shape index (κ1) is 16.1. The predicted molar refractivity (Wildman–Crippen MR) is 86.4 cm³/mol. The number of nitrogens with two attached hydrogens (primary N) is 1. The van der Waals surface area contributed by atoms with Crippen molar-refractivity contribution in [1.29, 1.82) is 0 Å². The highest BCUT2D eigenvalue weighted by Crippen LogP contribution is 2.14. The fourth-order valence-corrected chi connectivity index (χ4v) is 2.54. The zero-order chi connectivity index (χ0) is 14.4. The molecule has 1 aromatic carbocycles. The van der Waals surface area contributed by atoms with Crippen molar-refractivity contribution in [2.24, 2.45) is 5.73 Å². The maximum absolute atomic E-state index is 5.79. The summed E-state index contributed by atoms with van der Waals surface area (Å²) < 4.78 is 0. The second kappa shape index (κ2) is 7.58. The van der Waals surface area contributed by atoms with Crippen LogP contribution in [0.25, 0.3) is 0 Å². The van der Waals surface area contributed by atoms with Gasteiger partial charge in [-0.2, -0.15) is 0 Å². The molecule has 1 aromatic rings. The van der Waals surface area contributed by atoms with E-state index in [0.717, 1.165) is 25.2 Å². The van der Waals surface area contributed by atoms with Crippen LogP contribution in [0.15, 0.2) is 24.3 Å². The van der Waals surface area contributed by atoms with Gasteiger partial charge in [0.15, 0.2) is 0 Å². The van der Waals surface area contributed by atoms with E-state index < -0.39 is 0 Å². The van der Waals surface area contributed by atoms with Gasteiger partial charge in [0.2, 0.25) is 0 Å². The third kappa shape index (κ3) is 4.90. The maximum atomic E-state index is 5.79. The Morgan fingerprint density at radius 2 is 1.95 bits per heavy atom. The minimum Gasteiger partial charge on any atom is -0.389 e. The van der Waals surface area contributed by atoms with E-state index in [9.17, 15) is 0 Å². The molecule has 0 spiro atoms. The topological polar surface area (TPSA) is 32.5 Å². The van der Waals surface area contributed by atoms with Gasteiger partial charge in [-0.15, -0.1) is 0 Å². The van der Waals surface area contributed by atoms with E-state index in [1.165, 1.54) is 5.56 Å². The van der Waals surface area contributed by atoms with Crippen molar-refractivity contribution in [3.63, 3.8) is 0 Å². The summed E-state index contributed by atoms with van der Waals surface area (Å²) in [5, 5.41) is 0.